The van der Waals surface area contributed by atoms with Crippen molar-refractivity contribution < 1.29 is 29.6 Å². The molecule has 0 radical (unpaired) electrons. The van der Waals surface area contributed by atoms with Gasteiger partial charge in [0.25, 0.3) is 0 Å². The summed E-state index contributed by atoms with van der Waals surface area (Å²) in [6, 6.07) is 6.78. The first-order valence-corrected chi connectivity index (χ1v) is 8.57. The third-order valence-electron chi connectivity index (χ3n) is 5.00. The van der Waals surface area contributed by atoms with Crippen LogP contribution in [0.4, 0.5) is 0 Å². The Bertz CT molecular complexity index is 821. The molecule has 0 amide bonds. The van der Waals surface area contributed by atoms with Gasteiger partial charge in [0, 0.05) is 7.05 Å². The number of aliphatic hydroxyl groups excluding tert-OH is 1. The quantitative estimate of drug-likeness (QED) is 0.701. The highest BCUT2D eigenvalue weighted by Crippen LogP contribution is 2.46. The number of nitrogens with zero attached hydrogens (tertiary/aromatic N) is 1. The van der Waals surface area contributed by atoms with Crippen LogP contribution in [0.2, 0.25) is 0 Å². The van der Waals surface area contributed by atoms with Gasteiger partial charge in [0.2, 0.25) is 0 Å². The van der Waals surface area contributed by atoms with E-state index in [-0.39, 0.29) is 11.5 Å². The second-order valence-corrected chi connectivity index (χ2v) is 7.11. The fourth-order valence-corrected chi connectivity index (χ4v) is 3.50. The Morgan fingerprint density at radius 1 is 1.15 bits per heavy atom. The van der Waals surface area contributed by atoms with E-state index in [2.05, 4.69) is 0 Å². The molecule has 3 N–H and O–H groups in total. The Morgan fingerprint density at radius 2 is 1.70 bits per heavy atom. The van der Waals surface area contributed by atoms with Crippen LogP contribution in [0.1, 0.15) is 32.8 Å². The minimum Gasteiger partial charge on any atom is -0.505 e. The zero-order chi connectivity index (χ0) is 20.5. The summed E-state index contributed by atoms with van der Waals surface area (Å²) in [5, 5.41) is 30.1. The number of carboxylic acids is 2. The van der Waals surface area contributed by atoms with E-state index in [0.717, 1.165) is 0 Å². The minimum atomic E-state index is -1.47. The molecule has 2 rings (SSSR count). The standard InChI is InChI=1S/C20H25NO6/c1-11(2)10-14-17(22)15(18(23)24)16(19(25)26)20(3,21(14)4)12-6-8-13(27-5)9-7-12/h6-9,11,22H,10H2,1-5H3,(H,23,24)(H,25,26). The fourth-order valence-electron chi connectivity index (χ4n) is 3.50. The largest absolute Gasteiger partial charge is 0.505 e. The van der Waals surface area contributed by atoms with Crippen molar-refractivity contribution in [2.24, 2.45) is 5.92 Å². The lowest BCUT2D eigenvalue weighted by molar-refractivity contribution is -0.137. The average molecular weight is 375 g/mol. The maximum Gasteiger partial charge on any atom is 0.340 e. The molecule has 1 aliphatic rings. The monoisotopic (exact) mass is 375 g/mol. The number of aliphatic carboxylic acids is 2. The van der Waals surface area contributed by atoms with Crippen molar-refractivity contribution in [2.45, 2.75) is 32.7 Å². The van der Waals surface area contributed by atoms with E-state index in [9.17, 15) is 24.9 Å². The van der Waals surface area contributed by atoms with E-state index in [1.54, 1.807) is 43.1 Å². The molecule has 0 aliphatic carbocycles. The van der Waals surface area contributed by atoms with Crippen molar-refractivity contribution in [2.75, 3.05) is 14.2 Å². The predicted octanol–water partition coefficient (Wildman–Crippen LogP) is 3.14. The number of likely N-dealkylation sites (N-methyl/N-ethyl adjacent to an activating group) is 1. The van der Waals surface area contributed by atoms with Gasteiger partial charge in [0.05, 0.1) is 23.9 Å². The summed E-state index contributed by atoms with van der Waals surface area (Å²) in [5.74, 6) is -2.64. The van der Waals surface area contributed by atoms with E-state index in [1.807, 2.05) is 13.8 Å². The number of methoxy groups -OCH3 is 1. The maximum atomic E-state index is 12.1. The van der Waals surface area contributed by atoms with Crippen LogP contribution in [0.3, 0.4) is 0 Å². The van der Waals surface area contributed by atoms with Crippen molar-refractivity contribution in [3.8, 4) is 5.75 Å². The van der Waals surface area contributed by atoms with Gasteiger partial charge in [-0.1, -0.05) is 26.0 Å². The Balaban J connectivity index is 2.84. The molecular weight excluding hydrogens is 350 g/mol. The highest BCUT2D eigenvalue weighted by molar-refractivity contribution is 6.04. The van der Waals surface area contributed by atoms with Crippen molar-refractivity contribution >= 4 is 11.9 Å². The van der Waals surface area contributed by atoms with Crippen LogP contribution in [0.25, 0.3) is 0 Å². The maximum absolute atomic E-state index is 12.1. The Morgan fingerprint density at radius 3 is 2.11 bits per heavy atom. The van der Waals surface area contributed by atoms with E-state index in [4.69, 9.17) is 4.74 Å². The smallest absolute Gasteiger partial charge is 0.340 e. The molecule has 1 atom stereocenters. The van der Waals surface area contributed by atoms with Crippen LogP contribution in [-0.4, -0.2) is 46.3 Å². The summed E-state index contributed by atoms with van der Waals surface area (Å²) in [6.07, 6.45) is 0.401. The molecule has 1 heterocycles. The third kappa shape index (κ3) is 3.37. The Kier molecular flexibility index (Phi) is 5.54. The first-order chi connectivity index (χ1) is 12.5. The number of carbonyl (C=O) groups is 2. The average Bonchev–Trinajstić information content (AvgIpc) is 2.60. The number of allylic oxidation sites excluding steroid dienone is 1. The van der Waals surface area contributed by atoms with Crippen LogP contribution >= 0.6 is 0 Å². The lowest BCUT2D eigenvalue weighted by Crippen LogP contribution is -2.49. The van der Waals surface area contributed by atoms with Gasteiger partial charge in [-0.05, 0) is 37.0 Å². The number of benzene rings is 1. The molecule has 0 saturated carbocycles. The zero-order valence-electron chi connectivity index (χ0n) is 16.1. The van der Waals surface area contributed by atoms with Crippen molar-refractivity contribution in [1.82, 2.24) is 4.90 Å². The molecule has 7 nitrogen and oxygen atoms in total. The van der Waals surface area contributed by atoms with Gasteiger partial charge in [-0.15, -0.1) is 0 Å². The van der Waals surface area contributed by atoms with Gasteiger partial charge in [0.1, 0.15) is 17.1 Å². The molecule has 0 fully saturated rings. The first-order valence-electron chi connectivity index (χ1n) is 8.57. The topological polar surface area (TPSA) is 107 Å². The van der Waals surface area contributed by atoms with Gasteiger partial charge >= 0.3 is 11.9 Å². The van der Waals surface area contributed by atoms with Crippen LogP contribution in [-0.2, 0) is 15.1 Å². The van der Waals surface area contributed by atoms with Crippen LogP contribution < -0.4 is 4.74 Å². The summed E-state index contributed by atoms with van der Waals surface area (Å²) >= 11 is 0. The highest BCUT2D eigenvalue weighted by Gasteiger charge is 2.48. The van der Waals surface area contributed by atoms with Crippen molar-refractivity contribution in [3.05, 3.63) is 52.4 Å². The predicted molar refractivity (Wildman–Crippen MR) is 99.5 cm³/mol. The summed E-state index contributed by atoms with van der Waals surface area (Å²) in [7, 11) is 3.19. The third-order valence-corrected chi connectivity index (χ3v) is 5.00. The molecule has 0 aromatic heterocycles. The molecule has 0 spiro atoms. The first kappa shape index (κ1) is 20.4. The number of ether oxygens (including phenoxy) is 1. The zero-order valence-corrected chi connectivity index (χ0v) is 16.1. The molecule has 0 saturated heterocycles. The lowest BCUT2D eigenvalue weighted by atomic mass is 9.76. The summed E-state index contributed by atoms with van der Waals surface area (Å²) < 4.78 is 5.16. The second-order valence-electron chi connectivity index (χ2n) is 7.11. The molecule has 27 heavy (non-hydrogen) atoms. The normalized spacial score (nSPS) is 20.3. The van der Waals surface area contributed by atoms with Gasteiger partial charge in [-0.3, -0.25) is 0 Å². The minimum absolute atomic E-state index is 0.131. The van der Waals surface area contributed by atoms with Crippen LogP contribution in [0.5, 0.6) is 5.75 Å². The summed E-state index contributed by atoms with van der Waals surface area (Å²) in [4.78, 5) is 25.6. The van der Waals surface area contributed by atoms with E-state index in [1.165, 1.54) is 7.11 Å². The molecule has 1 aromatic carbocycles. The molecule has 7 heteroatoms. The number of hydrogen-bond acceptors (Lipinski definition) is 5. The number of carboxylic acid groups (broad SMARTS) is 2. The SMILES string of the molecule is COc1ccc(C2(C)C(C(=O)O)=C(C(=O)O)C(O)=C(CC(C)C)N2C)cc1. The number of aliphatic hydroxyl groups is 1. The molecule has 1 unspecified atom stereocenters. The molecule has 1 aromatic rings. The van der Waals surface area contributed by atoms with E-state index < -0.39 is 28.8 Å². The van der Waals surface area contributed by atoms with Gasteiger partial charge in [-0.25, -0.2) is 9.59 Å². The lowest BCUT2D eigenvalue weighted by Gasteiger charge is -2.46. The van der Waals surface area contributed by atoms with Crippen molar-refractivity contribution in [3.63, 3.8) is 0 Å². The van der Waals surface area contributed by atoms with Gasteiger partial charge in [0.15, 0.2) is 0 Å². The second kappa shape index (κ2) is 7.34. The molecule has 1 aliphatic heterocycles. The van der Waals surface area contributed by atoms with Crippen LogP contribution in [0, 0.1) is 5.92 Å². The van der Waals surface area contributed by atoms with Crippen LogP contribution in [0.15, 0.2) is 46.9 Å². The summed E-state index contributed by atoms with van der Waals surface area (Å²) in [5.41, 5.74) is -1.27. The Labute approximate surface area is 158 Å². The molecule has 146 valence electrons. The fraction of sp³-hybridized carbons (Fsp3) is 0.400. The summed E-state index contributed by atoms with van der Waals surface area (Å²) in [6.45, 7) is 5.53. The number of rotatable bonds is 6. The Hall–Kier alpha value is -2.96. The molecule has 0 bridgehead atoms. The van der Waals surface area contributed by atoms with E-state index >= 15 is 0 Å². The van der Waals surface area contributed by atoms with Crippen molar-refractivity contribution in [1.29, 1.82) is 0 Å². The number of hydrogen-bond donors (Lipinski definition) is 3. The van der Waals surface area contributed by atoms with Gasteiger partial charge in [-0.2, -0.15) is 0 Å². The molecular formula is C20H25NO6. The highest BCUT2D eigenvalue weighted by atomic mass is 16.5. The van der Waals surface area contributed by atoms with E-state index in [0.29, 0.717) is 23.4 Å². The van der Waals surface area contributed by atoms with Gasteiger partial charge < -0.3 is 25.0 Å².